The first-order valence-electron chi connectivity index (χ1n) is 7.95. The van der Waals surface area contributed by atoms with Gasteiger partial charge in [0.15, 0.2) is 5.82 Å². The lowest BCUT2D eigenvalue weighted by Crippen LogP contribution is -2.23. The second-order valence-corrected chi connectivity index (χ2v) is 6.70. The van der Waals surface area contributed by atoms with Crippen molar-refractivity contribution in [3.8, 4) is 17.2 Å². The molecule has 0 radical (unpaired) electrons. The predicted molar refractivity (Wildman–Crippen MR) is 105 cm³/mol. The molecule has 2 aromatic carbocycles. The number of hydrogen-bond donors (Lipinski definition) is 0. The van der Waals surface area contributed by atoms with Gasteiger partial charge < -0.3 is 0 Å². The molecule has 0 fully saturated rings. The summed E-state index contributed by atoms with van der Waals surface area (Å²) in [5, 5.41) is 1.45. The van der Waals surface area contributed by atoms with Gasteiger partial charge in [-0.1, -0.05) is 41.4 Å². The smallest absolute Gasteiger partial charge is 0.267 e. The first kappa shape index (κ1) is 16.8. The van der Waals surface area contributed by atoms with Crippen molar-refractivity contribution in [1.82, 2.24) is 14.5 Å². The van der Waals surface area contributed by atoms with Gasteiger partial charge in [-0.2, -0.15) is 0 Å². The van der Waals surface area contributed by atoms with Crippen molar-refractivity contribution in [2.75, 3.05) is 0 Å². The highest BCUT2D eigenvalue weighted by atomic mass is 35.5. The van der Waals surface area contributed by atoms with E-state index in [1.807, 2.05) is 31.2 Å². The van der Waals surface area contributed by atoms with E-state index >= 15 is 0 Å². The molecule has 0 spiro atoms. The number of benzene rings is 2. The fraction of sp³-hybridized carbons (Fsp3) is 0.0500. The Bertz CT molecular complexity index is 1200. The van der Waals surface area contributed by atoms with Gasteiger partial charge in [-0.25, -0.2) is 14.5 Å². The molecule has 0 aliphatic rings. The molecule has 2 heterocycles. The van der Waals surface area contributed by atoms with Crippen LogP contribution in [-0.4, -0.2) is 14.5 Å². The van der Waals surface area contributed by atoms with Crippen LogP contribution in [0, 0.1) is 6.92 Å². The number of rotatable bonds is 2. The Hall–Kier alpha value is -2.69. The van der Waals surface area contributed by atoms with Gasteiger partial charge in [0.1, 0.15) is 5.82 Å². The maximum absolute atomic E-state index is 13.3. The second kappa shape index (κ2) is 6.56. The van der Waals surface area contributed by atoms with Crippen LogP contribution in [0.2, 0.25) is 10.0 Å². The lowest BCUT2D eigenvalue weighted by molar-refractivity contribution is 0.919. The highest BCUT2D eigenvalue weighted by molar-refractivity contribution is 6.36. The van der Waals surface area contributed by atoms with Gasteiger partial charge in [-0.05, 0) is 48.9 Å². The molecule has 0 N–H and O–H groups in total. The van der Waals surface area contributed by atoms with Crippen LogP contribution >= 0.6 is 23.2 Å². The van der Waals surface area contributed by atoms with Crippen LogP contribution in [0.3, 0.4) is 0 Å². The molecule has 0 aliphatic heterocycles. The third-order valence-corrected chi connectivity index (χ3v) is 4.69. The normalized spacial score (nSPS) is 11.0. The van der Waals surface area contributed by atoms with Crippen molar-refractivity contribution in [1.29, 1.82) is 0 Å². The quantitative estimate of drug-likeness (QED) is 0.487. The molecule has 0 amide bonds. The molecule has 2 aromatic heterocycles. The minimum absolute atomic E-state index is 0.196. The molecule has 4 aromatic rings. The van der Waals surface area contributed by atoms with Gasteiger partial charge in [0, 0.05) is 16.8 Å². The molecule has 6 heteroatoms. The molecule has 0 atom stereocenters. The van der Waals surface area contributed by atoms with Crippen LogP contribution in [0.25, 0.3) is 28.1 Å². The number of aryl methyl sites for hydroxylation is 1. The summed E-state index contributed by atoms with van der Waals surface area (Å²) >= 11 is 12.4. The Morgan fingerprint density at radius 3 is 2.58 bits per heavy atom. The Kier molecular flexibility index (Phi) is 4.23. The fourth-order valence-corrected chi connectivity index (χ4v) is 3.39. The van der Waals surface area contributed by atoms with Crippen LogP contribution in [0.15, 0.2) is 65.6 Å². The van der Waals surface area contributed by atoms with Gasteiger partial charge in [-0.15, -0.1) is 0 Å². The minimum Gasteiger partial charge on any atom is -0.268 e. The molecule has 26 heavy (non-hydrogen) atoms. The Labute approximate surface area is 159 Å². The third-order valence-electron chi connectivity index (χ3n) is 4.14. The summed E-state index contributed by atoms with van der Waals surface area (Å²) in [7, 11) is 0. The number of fused-ring (bicyclic) bond motifs is 1. The first-order chi connectivity index (χ1) is 12.6. The van der Waals surface area contributed by atoms with Crippen molar-refractivity contribution < 1.29 is 0 Å². The van der Waals surface area contributed by atoms with Crippen LogP contribution in [0.4, 0.5) is 0 Å². The molecule has 0 unspecified atom stereocenters. The summed E-state index contributed by atoms with van der Waals surface area (Å²) in [6, 6.07) is 16.1. The van der Waals surface area contributed by atoms with Crippen LogP contribution < -0.4 is 5.56 Å². The maximum atomic E-state index is 13.3. The zero-order valence-electron chi connectivity index (χ0n) is 13.8. The zero-order valence-corrected chi connectivity index (χ0v) is 15.3. The predicted octanol–water partition coefficient (Wildman–Crippen LogP) is 5.06. The number of para-hydroxylation sites is 1. The van der Waals surface area contributed by atoms with Gasteiger partial charge in [-0.3, -0.25) is 4.79 Å². The largest absolute Gasteiger partial charge is 0.268 e. The lowest BCUT2D eigenvalue weighted by atomic mass is 10.1. The monoisotopic (exact) mass is 381 g/mol. The molecular weight excluding hydrogens is 369 g/mol. The zero-order chi connectivity index (χ0) is 18.3. The van der Waals surface area contributed by atoms with E-state index < -0.39 is 0 Å². The van der Waals surface area contributed by atoms with Crippen LogP contribution in [-0.2, 0) is 0 Å². The molecule has 4 nitrogen and oxygen atoms in total. The second-order valence-electron chi connectivity index (χ2n) is 5.86. The molecule has 128 valence electrons. The molecule has 0 bridgehead atoms. The van der Waals surface area contributed by atoms with E-state index in [1.54, 1.807) is 36.5 Å². The summed E-state index contributed by atoms with van der Waals surface area (Å²) in [6.45, 7) is 1.90. The molecule has 0 aliphatic carbocycles. The molecule has 0 saturated carbocycles. The third kappa shape index (κ3) is 2.77. The molecule has 0 saturated heterocycles. The van der Waals surface area contributed by atoms with Crippen molar-refractivity contribution in [3.05, 3.63) is 86.8 Å². The summed E-state index contributed by atoms with van der Waals surface area (Å²) in [6.07, 6.45) is 1.65. The van der Waals surface area contributed by atoms with Gasteiger partial charge in [0.05, 0.1) is 15.9 Å². The van der Waals surface area contributed by atoms with Crippen molar-refractivity contribution >= 4 is 34.1 Å². The van der Waals surface area contributed by atoms with Crippen molar-refractivity contribution in [2.24, 2.45) is 0 Å². The molecule has 4 rings (SSSR count). The number of halogens is 2. The average Bonchev–Trinajstić information content (AvgIpc) is 2.63. The van der Waals surface area contributed by atoms with Crippen molar-refractivity contribution in [2.45, 2.75) is 6.92 Å². The van der Waals surface area contributed by atoms with E-state index in [4.69, 9.17) is 28.2 Å². The maximum Gasteiger partial charge on any atom is 0.267 e. The van der Waals surface area contributed by atoms with E-state index in [9.17, 15) is 4.79 Å². The van der Waals surface area contributed by atoms with Gasteiger partial charge in [0.25, 0.3) is 5.56 Å². The summed E-state index contributed by atoms with van der Waals surface area (Å²) in [5.74, 6) is 0.953. The fourth-order valence-electron chi connectivity index (χ4n) is 2.89. The van der Waals surface area contributed by atoms with Gasteiger partial charge >= 0.3 is 0 Å². The number of nitrogens with zero attached hydrogens (tertiary/aromatic N) is 3. The van der Waals surface area contributed by atoms with Crippen molar-refractivity contribution in [3.63, 3.8) is 0 Å². The van der Waals surface area contributed by atoms with E-state index in [-0.39, 0.29) is 5.56 Å². The number of hydrogen-bond acceptors (Lipinski definition) is 3. The van der Waals surface area contributed by atoms with Gasteiger partial charge in [0.2, 0.25) is 0 Å². The highest BCUT2D eigenvalue weighted by Crippen LogP contribution is 2.30. The van der Waals surface area contributed by atoms with Crippen LogP contribution in [0.1, 0.15) is 5.56 Å². The van der Waals surface area contributed by atoms with Crippen LogP contribution in [0.5, 0.6) is 0 Å². The minimum atomic E-state index is -0.196. The summed E-state index contributed by atoms with van der Waals surface area (Å²) in [4.78, 5) is 22.4. The summed E-state index contributed by atoms with van der Waals surface area (Å²) in [5.41, 5.74) is 1.88. The Morgan fingerprint density at radius 2 is 1.81 bits per heavy atom. The van der Waals surface area contributed by atoms with E-state index in [1.165, 1.54) is 4.57 Å². The standard InChI is InChI=1S/C20H13Cl2N3O/c1-12-5-4-10-23-18(12)25-19(14-9-8-13(21)11-16(14)22)24-17-7-3-2-6-15(17)20(25)26/h2-11H,1H3. The Morgan fingerprint density at radius 1 is 1.00 bits per heavy atom. The Balaban J connectivity index is 2.16. The number of pyridine rings is 1. The molecular formula is C20H13Cl2N3O. The lowest BCUT2D eigenvalue weighted by Gasteiger charge is -2.15. The SMILES string of the molecule is Cc1cccnc1-n1c(-c2ccc(Cl)cc2Cl)nc2ccccc2c1=O. The van der Waals surface area contributed by atoms with E-state index in [0.29, 0.717) is 38.2 Å². The topological polar surface area (TPSA) is 47.8 Å². The summed E-state index contributed by atoms with van der Waals surface area (Å²) < 4.78 is 1.51. The van der Waals surface area contributed by atoms with E-state index in [2.05, 4.69) is 4.98 Å². The number of aromatic nitrogens is 3. The van der Waals surface area contributed by atoms with E-state index in [0.717, 1.165) is 5.56 Å². The first-order valence-corrected chi connectivity index (χ1v) is 8.71. The highest BCUT2D eigenvalue weighted by Gasteiger charge is 2.18. The average molecular weight is 382 g/mol.